The zero-order chi connectivity index (χ0) is 16.8. The normalized spacial score (nSPS) is 13.1. The van der Waals surface area contributed by atoms with Crippen molar-refractivity contribution in [2.24, 2.45) is 4.99 Å². The Morgan fingerprint density at radius 2 is 1.79 bits per heavy atom. The minimum atomic E-state index is -0.379. The SMILES string of the molecule is Cc1nc2n(c1C)-c1ccc(F)cc1C(c1ccccc1F)=NC2. The minimum absolute atomic E-state index is 0.314. The van der Waals surface area contributed by atoms with Gasteiger partial charge >= 0.3 is 0 Å². The highest BCUT2D eigenvalue weighted by Gasteiger charge is 2.23. The first-order valence-corrected chi connectivity index (χ1v) is 7.70. The Morgan fingerprint density at radius 3 is 2.58 bits per heavy atom. The maximum atomic E-state index is 14.3. The largest absolute Gasteiger partial charge is 0.298 e. The van der Waals surface area contributed by atoms with Crippen LogP contribution >= 0.6 is 0 Å². The quantitative estimate of drug-likeness (QED) is 0.662. The van der Waals surface area contributed by atoms with Crippen molar-refractivity contribution in [1.29, 1.82) is 0 Å². The van der Waals surface area contributed by atoms with Gasteiger partial charge in [-0.05, 0) is 44.2 Å². The lowest BCUT2D eigenvalue weighted by molar-refractivity contribution is 0.623. The van der Waals surface area contributed by atoms with Crippen LogP contribution < -0.4 is 0 Å². The molecule has 24 heavy (non-hydrogen) atoms. The number of fused-ring (bicyclic) bond motifs is 3. The Bertz CT molecular complexity index is 986. The van der Waals surface area contributed by atoms with Gasteiger partial charge in [0.15, 0.2) is 0 Å². The number of aromatic nitrogens is 2. The van der Waals surface area contributed by atoms with E-state index in [-0.39, 0.29) is 11.6 Å². The topological polar surface area (TPSA) is 30.2 Å². The highest BCUT2D eigenvalue weighted by Crippen LogP contribution is 2.28. The summed E-state index contributed by atoms with van der Waals surface area (Å²) in [4.78, 5) is 9.11. The first-order chi connectivity index (χ1) is 11.6. The lowest BCUT2D eigenvalue weighted by Crippen LogP contribution is -2.10. The van der Waals surface area contributed by atoms with Gasteiger partial charge in [-0.3, -0.25) is 9.56 Å². The maximum absolute atomic E-state index is 14.3. The number of aryl methyl sites for hydroxylation is 1. The number of nitrogens with zero attached hydrogens (tertiary/aromatic N) is 3. The number of halogens is 2. The molecule has 0 bridgehead atoms. The summed E-state index contributed by atoms with van der Waals surface area (Å²) >= 11 is 0. The van der Waals surface area contributed by atoms with Gasteiger partial charge in [-0.25, -0.2) is 13.8 Å². The van der Waals surface area contributed by atoms with Crippen LogP contribution in [0.1, 0.15) is 28.3 Å². The summed E-state index contributed by atoms with van der Waals surface area (Å²) in [7, 11) is 0. The van der Waals surface area contributed by atoms with Gasteiger partial charge in [0.2, 0.25) is 0 Å². The maximum Gasteiger partial charge on any atom is 0.135 e. The van der Waals surface area contributed by atoms with E-state index in [0.29, 0.717) is 23.4 Å². The van der Waals surface area contributed by atoms with Gasteiger partial charge in [0.05, 0.1) is 23.6 Å². The molecule has 0 aliphatic carbocycles. The molecule has 0 unspecified atom stereocenters. The van der Waals surface area contributed by atoms with Crippen molar-refractivity contribution < 1.29 is 8.78 Å². The zero-order valence-electron chi connectivity index (χ0n) is 13.3. The Morgan fingerprint density at radius 1 is 1.00 bits per heavy atom. The smallest absolute Gasteiger partial charge is 0.135 e. The second-order valence-electron chi connectivity index (χ2n) is 5.84. The predicted octanol–water partition coefficient (Wildman–Crippen LogP) is 4.12. The fourth-order valence-corrected chi connectivity index (χ4v) is 3.12. The molecule has 1 aliphatic rings. The molecule has 2 heterocycles. The third-order valence-electron chi connectivity index (χ3n) is 4.38. The summed E-state index contributed by atoms with van der Waals surface area (Å²) in [5.74, 6) is 0.0128. The third kappa shape index (κ3) is 2.16. The molecule has 0 fully saturated rings. The van der Waals surface area contributed by atoms with Crippen LogP contribution in [-0.2, 0) is 6.54 Å². The minimum Gasteiger partial charge on any atom is -0.298 e. The molecule has 0 saturated carbocycles. The second kappa shape index (κ2) is 5.37. The average molecular weight is 323 g/mol. The van der Waals surface area contributed by atoms with Gasteiger partial charge in [0.25, 0.3) is 0 Å². The Labute approximate surface area is 138 Å². The van der Waals surface area contributed by atoms with Crippen LogP contribution in [0.25, 0.3) is 5.69 Å². The van der Waals surface area contributed by atoms with Gasteiger partial charge in [0.1, 0.15) is 17.5 Å². The van der Waals surface area contributed by atoms with Crippen LogP contribution in [0.15, 0.2) is 47.5 Å². The van der Waals surface area contributed by atoms with Crippen molar-refractivity contribution in [3.05, 3.63) is 82.4 Å². The summed E-state index contributed by atoms with van der Waals surface area (Å²) in [6.45, 7) is 4.21. The monoisotopic (exact) mass is 323 g/mol. The van der Waals surface area contributed by atoms with Crippen molar-refractivity contribution in [3.8, 4) is 5.69 Å². The zero-order valence-corrected chi connectivity index (χ0v) is 13.3. The molecule has 0 radical (unpaired) electrons. The van der Waals surface area contributed by atoms with Crippen molar-refractivity contribution >= 4 is 5.71 Å². The van der Waals surface area contributed by atoms with E-state index in [9.17, 15) is 8.78 Å². The van der Waals surface area contributed by atoms with Crippen molar-refractivity contribution in [3.63, 3.8) is 0 Å². The highest BCUT2D eigenvalue weighted by molar-refractivity contribution is 6.15. The van der Waals surface area contributed by atoms with Crippen LogP contribution in [0.3, 0.4) is 0 Å². The molecule has 1 aromatic heterocycles. The Balaban J connectivity index is 2.03. The molecule has 4 rings (SSSR count). The number of benzene rings is 2. The van der Waals surface area contributed by atoms with E-state index in [4.69, 9.17) is 0 Å². The summed E-state index contributed by atoms with van der Waals surface area (Å²) in [5.41, 5.74) is 4.03. The number of hydrogen-bond acceptors (Lipinski definition) is 2. The molecule has 0 N–H and O–H groups in total. The molecule has 0 spiro atoms. The second-order valence-corrected chi connectivity index (χ2v) is 5.84. The van der Waals surface area contributed by atoms with Crippen LogP contribution in [-0.4, -0.2) is 15.3 Å². The molecule has 3 nitrogen and oxygen atoms in total. The standard InChI is InChI=1S/C19H15F2N3/c1-11-12(2)24-17-8-7-13(20)9-15(17)19(22-10-18(24)23-11)14-5-3-4-6-16(14)21/h3-9H,10H2,1-2H3. The van der Waals surface area contributed by atoms with Gasteiger partial charge in [0, 0.05) is 16.8 Å². The molecular formula is C19H15F2N3. The lowest BCUT2D eigenvalue weighted by Gasteiger charge is -2.14. The predicted molar refractivity (Wildman–Crippen MR) is 88.7 cm³/mol. The van der Waals surface area contributed by atoms with E-state index in [1.807, 2.05) is 18.4 Å². The van der Waals surface area contributed by atoms with Gasteiger partial charge in [-0.2, -0.15) is 0 Å². The molecular weight excluding hydrogens is 308 g/mol. The van der Waals surface area contributed by atoms with Crippen LogP contribution in [0, 0.1) is 25.5 Å². The van der Waals surface area contributed by atoms with Crippen molar-refractivity contribution in [1.82, 2.24) is 9.55 Å². The lowest BCUT2D eigenvalue weighted by atomic mass is 9.99. The first-order valence-electron chi connectivity index (χ1n) is 7.70. The Kier molecular flexibility index (Phi) is 3.30. The van der Waals surface area contributed by atoms with Gasteiger partial charge in [-0.15, -0.1) is 0 Å². The molecule has 1 aliphatic heterocycles. The van der Waals surface area contributed by atoms with E-state index in [0.717, 1.165) is 22.9 Å². The molecule has 5 heteroatoms. The van der Waals surface area contributed by atoms with Gasteiger partial charge < -0.3 is 0 Å². The molecule has 0 atom stereocenters. The molecule has 2 aromatic carbocycles. The van der Waals surface area contributed by atoms with E-state index in [1.165, 1.54) is 18.2 Å². The van der Waals surface area contributed by atoms with Crippen LogP contribution in [0.2, 0.25) is 0 Å². The molecule has 3 aromatic rings. The molecule has 0 amide bonds. The van der Waals surface area contributed by atoms with Crippen molar-refractivity contribution in [2.75, 3.05) is 0 Å². The fourth-order valence-electron chi connectivity index (χ4n) is 3.12. The molecule has 0 saturated heterocycles. The number of aliphatic imine (C=N–C) groups is 1. The summed E-state index contributed by atoms with van der Waals surface area (Å²) in [6, 6.07) is 10.9. The van der Waals surface area contributed by atoms with E-state index >= 15 is 0 Å². The summed E-state index contributed by atoms with van der Waals surface area (Å²) < 4.78 is 30.2. The average Bonchev–Trinajstić information content (AvgIpc) is 2.75. The highest BCUT2D eigenvalue weighted by atomic mass is 19.1. The number of imidazole rings is 1. The third-order valence-corrected chi connectivity index (χ3v) is 4.38. The van der Waals surface area contributed by atoms with Crippen LogP contribution in [0.4, 0.5) is 8.78 Å². The van der Waals surface area contributed by atoms with Crippen LogP contribution in [0.5, 0.6) is 0 Å². The fraction of sp³-hybridized carbons (Fsp3) is 0.158. The molecule has 120 valence electrons. The number of rotatable bonds is 1. The first kappa shape index (κ1) is 14.8. The van der Waals surface area contributed by atoms with E-state index in [1.54, 1.807) is 24.3 Å². The van der Waals surface area contributed by atoms with Crippen molar-refractivity contribution in [2.45, 2.75) is 20.4 Å². The van der Waals surface area contributed by atoms with E-state index < -0.39 is 0 Å². The van der Waals surface area contributed by atoms with Gasteiger partial charge in [-0.1, -0.05) is 12.1 Å². The van der Waals surface area contributed by atoms with E-state index in [2.05, 4.69) is 9.98 Å². The summed E-state index contributed by atoms with van der Waals surface area (Å²) in [6.07, 6.45) is 0. The number of hydrogen-bond donors (Lipinski definition) is 0. The Hall–Kier alpha value is -2.82. The summed E-state index contributed by atoms with van der Waals surface area (Å²) in [5, 5.41) is 0.